The van der Waals surface area contributed by atoms with E-state index in [1.54, 1.807) is 0 Å². The number of esters is 1. The van der Waals surface area contributed by atoms with E-state index in [4.69, 9.17) is 4.74 Å². The molecule has 0 unspecified atom stereocenters. The Morgan fingerprint density at radius 2 is 1.93 bits per heavy atom. The first-order chi connectivity index (χ1) is 13.1. The monoisotopic (exact) mass is 403 g/mol. The van der Waals surface area contributed by atoms with E-state index < -0.39 is 5.91 Å². The molecule has 0 atom stereocenters. The summed E-state index contributed by atoms with van der Waals surface area (Å²) < 4.78 is 5.22. The highest BCUT2D eigenvalue weighted by Crippen LogP contribution is 2.44. The second kappa shape index (κ2) is 7.84. The van der Waals surface area contributed by atoms with Crippen molar-refractivity contribution >= 4 is 28.2 Å². The summed E-state index contributed by atoms with van der Waals surface area (Å²) in [6.45, 7) is 8.08. The van der Waals surface area contributed by atoms with Gasteiger partial charge in [-0.2, -0.15) is 5.26 Å². The Labute approximate surface area is 170 Å². The van der Waals surface area contributed by atoms with E-state index in [2.05, 4.69) is 44.4 Å². The lowest BCUT2D eigenvalue weighted by Crippen LogP contribution is -2.54. The van der Waals surface area contributed by atoms with Gasteiger partial charge >= 0.3 is 5.97 Å². The number of nitrogens with zero attached hydrogens (tertiary/aromatic N) is 1. The topological polar surface area (TPSA) is 91.2 Å². The van der Waals surface area contributed by atoms with Crippen molar-refractivity contribution in [3.63, 3.8) is 0 Å². The number of amides is 1. The number of nitriles is 1. The molecular formula is C21H29N3O3S. The standard InChI is InChI=1S/C21H29N3O3S/c1-20(2)10-14-15(11-22)18(28-17(14)21(3,4)24-20)23-16(25)12-27-19(26)13-8-6-5-7-9-13/h13,24H,5-10,12H2,1-4H3,(H,23,25). The zero-order valence-electron chi connectivity index (χ0n) is 17.1. The predicted molar refractivity (Wildman–Crippen MR) is 109 cm³/mol. The quantitative estimate of drug-likeness (QED) is 0.745. The number of fused-ring (bicyclic) bond motifs is 1. The van der Waals surface area contributed by atoms with Gasteiger partial charge in [-0.3, -0.25) is 9.59 Å². The van der Waals surface area contributed by atoms with Crippen molar-refractivity contribution < 1.29 is 14.3 Å². The first-order valence-electron chi connectivity index (χ1n) is 9.95. The minimum atomic E-state index is -0.399. The molecule has 1 amide bonds. The highest BCUT2D eigenvalue weighted by atomic mass is 32.1. The number of hydrogen-bond acceptors (Lipinski definition) is 6. The number of ether oxygens (including phenoxy) is 1. The van der Waals surface area contributed by atoms with Gasteiger partial charge in [0.05, 0.1) is 11.5 Å². The molecule has 1 aliphatic carbocycles. The van der Waals surface area contributed by atoms with Crippen LogP contribution in [-0.2, 0) is 26.3 Å². The average molecular weight is 404 g/mol. The van der Waals surface area contributed by atoms with Gasteiger partial charge in [-0.25, -0.2) is 0 Å². The maximum atomic E-state index is 12.4. The van der Waals surface area contributed by atoms with Crippen LogP contribution in [-0.4, -0.2) is 24.0 Å². The zero-order chi connectivity index (χ0) is 20.5. The zero-order valence-corrected chi connectivity index (χ0v) is 17.9. The summed E-state index contributed by atoms with van der Waals surface area (Å²) in [7, 11) is 0. The van der Waals surface area contributed by atoms with Gasteiger partial charge in [0.15, 0.2) is 6.61 Å². The van der Waals surface area contributed by atoms with E-state index in [0.29, 0.717) is 10.6 Å². The van der Waals surface area contributed by atoms with Gasteiger partial charge in [-0.15, -0.1) is 11.3 Å². The van der Waals surface area contributed by atoms with Crippen LogP contribution in [0, 0.1) is 17.2 Å². The normalized spacial score (nSPS) is 20.7. The van der Waals surface area contributed by atoms with Crippen molar-refractivity contribution in [2.45, 2.75) is 77.3 Å². The Morgan fingerprint density at radius 3 is 2.57 bits per heavy atom. The number of carbonyl (C=O) groups is 2. The van der Waals surface area contributed by atoms with Gasteiger partial charge in [0.1, 0.15) is 11.1 Å². The second-order valence-corrected chi connectivity index (χ2v) is 10.0. The van der Waals surface area contributed by atoms with Gasteiger partial charge in [-0.05, 0) is 52.5 Å². The van der Waals surface area contributed by atoms with Gasteiger partial charge in [0, 0.05) is 16.0 Å². The van der Waals surface area contributed by atoms with Crippen LogP contribution in [0.3, 0.4) is 0 Å². The molecule has 2 aliphatic rings. The molecule has 7 heteroatoms. The number of anilines is 1. The second-order valence-electron chi connectivity index (χ2n) is 9.03. The van der Waals surface area contributed by atoms with Crippen LogP contribution in [0.4, 0.5) is 5.00 Å². The summed E-state index contributed by atoms with van der Waals surface area (Å²) in [5, 5.41) is 16.6. The van der Waals surface area contributed by atoms with Crippen LogP contribution in [0.1, 0.15) is 75.8 Å². The Balaban J connectivity index is 1.69. The number of rotatable bonds is 4. The summed E-state index contributed by atoms with van der Waals surface area (Å²) in [6, 6.07) is 2.26. The van der Waals surface area contributed by atoms with Gasteiger partial charge in [0.2, 0.25) is 0 Å². The third-order valence-electron chi connectivity index (χ3n) is 5.49. The van der Waals surface area contributed by atoms with Crippen LogP contribution >= 0.6 is 11.3 Å². The van der Waals surface area contributed by atoms with E-state index in [9.17, 15) is 14.9 Å². The number of nitrogens with one attached hydrogen (secondary N) is 2. The summed E-state index contributed by atoms with van der Waals surface area (Å²) in [5.74, 6) is -0.767. The number of hydrogen-bond donors (Lipinski definition) is 2. The van der Waals surface area contributed by atoms with Crippen LogP contribution in [0.5, 0.6) is 0 Å². The molecule has 1 aliphatic heterocycles. The Hall–Kier alpha value is -1.91. The molecule has 1 aromatic heterocycles. The molecule has 0 aromatic carbocycles. The molecule has 1 saturated carbocycles. The van der Waals surface area contributed by atoms with E-state index >= 15 is 0 Å². The fraction of sp³-hybridized carbons (Fsp3) is 0.667. The minimum Gasteiger partial charge on any atom is -0.455 e. The van der Waals surface area contributed by atoms with Crippen LogP contribution in [0.15, 0.2) is 0 Å². The molecule has 1 fully saturated rings. The molecule has 6 nitrogen and oxygen atoms in total. The molecule has 0 saturated heterocycles. The summed E-state index contributed by atoms with van der Waals surface area (Å²) in [4.78, 5) is 25.6. The third kappa shape index (κ3) is 4.39. The maximum absolute atomic E-state index is 12.4. The highest BCUT2D eigenvalue weighted by Gasteiger charge is 2.40. The molecular weight excluding hydrogens is 374 g/mol. The predicted octanol–water partition coefficient (Wildman–Crippen LogP) is 3.84. The number of carbonyl (C=O) groups excluding carboxylic acids is 2. The van der Waals surface area contributed by atoms with E-state index in [-0.39, 0.29) is 29.6 Å². The largest absolute Gasteiger partial charge is 0.455 e. The third-order valence-corrected chi connectivity index (χ3v) is 6.96. The highest BCUT2D eigenvalue weighted by molar-refractivity contribution is 7.17. The lowest BCUT2D eigenvalue weighted by Gasteiger charge is -2.42. The smallest absolute Gasteiger partial charge is 0.309 e. The van der Waals surface area contributed by atoms with Crippen LogP contribution in [0.25, 0.3) is 0 Å². The van der Waals surface area contributed by atoms with Crippen molar-refractivity contribution in [1.82, 2.24) is 5.32 Å². The summed E-state index contributed by atoms with van der Waals surface area (Å²) in [5.41, 5.74) is 1.09. The fourth-order valence-corrected chi connectivity index (χ4v) is 5.73. The van der Waals surface area contributed by atoms with Crippen LogP contribution < -0.4 is 10.6 Å². The first-order valence-corrected chi connectivity index (χ1v) is 10.8. The SMILES string of the molecule is CC1(C)Cc2c(sc(NC(=O)COC(=O)C3CCCCC3)c2C#N)C(C)(C)N1. The summed E-state index contributed by atoms with van der Waals surface area (Å²) in [6.07, 6.45) is 5.64. The Kier molecular flexibility index (Phi) is 5.83. The average Bonchev–Trinajstić information content (AvgIpc) is 2.96. The van der Waals surface area contributed by atoms with E-state index in [0.717, 1.165) is 49.0 Å². The van der Waals surface area contributed by atoms with E-state index in [1.807, 2.05) is 0 Å². The van der Waals surface area contributed by atoms with E-state index in [1.165, 1.54) is 11.3 Å². The molecule has 152 valence electrons. The molecule has 0 radical (unpaired) electrons. The Morgan fingerprint density at radius 1 is 1.25 bits per heavy atom. The lowest BCUT2D eigenvalue weighted by atomic mass is 9.81. The van der Waals surface area contributed by atoms with Gasteiger partial charge < -0.3 is 15.4 Å². The van der Waals surface area contributed by atoms with Gasteiger partial charge in [-0.1, -0.05) is 19.3 Å². The minimum absolute atomic E-state index is 0.0839. The molecule has 28 heavy (non-hydrogen) atoms. The van der Waals surface area contributed by atoms with Gasteiger partial charge in [0.25, 0.3) is 5.91 Å². The van der Waals surface area contributed by atoms with Crippen molar-refractivity contribution in [3.05, 3.63) is 16.0 Å². The number of thiophene rings is 1. The fourth-order valence-electron chi connectivity index (χ4n) is 4.49. The molecule has 2 heterocycles. The molecule has 1 aromatic rings. The molecule has 2 N–H and O–H groups in total. The first kappa shape index (κ1) is 20.8. The van der Waals surface area contributed by atoms with Crippen molar-refractivity contribution in [1.29, 1.82) is 5.26 Å². The lowest BCUT2D eigenvalue weighted by molar-refractivity contribution is -0.152. The van der Waals surface area contributed by atoms with Crippen LogP contribution in [0.2, 0.25) is 0 Å². The maximum Gasteiger partial charge on any atom is 0.309 e. The van der Waals surface area contributed by atoms with Crippen molar-refractivity contribution in [2.75, 3.05) is 11.9 Å². The molecule has 0 bridgehead atoms. The van der Waals surface area contributed by atoms with Crippen molar-refractivity contribution in [2.24, 2.45) is 5.92 Å². The molecule has 0 spiro atoms. The van der Waals surface area contributed by atoms with Crippen molar-refractivity contribution in [3.8, 4) is 6.07 Å². The summed E-state index contributed by atoms with van der Waals surface area (Å²) >= 11 is 1.43. The Bertz CT molecular complexity index is 814. The molecule has 3 rings (SSSR count).